The van der Waals surface area contributed by atoms with Gasteiger partial charge in [-0.1, -0.05) is 27.7 Å². The zero-order valence-electron chi connectivity index (χ0n) is 10.9. The molecule has 0 bridgehead atoms. The van der Waals surface area contributed by atoms with E-state index < -0.39 is 0 Å². The Hall–Kier alpha value is -1.84. The standard InChI is InChI=1S/C11H14N4.C2H6/c1-8(2)10-4-3-9(7-13-10)15-6-5-11(12)14-15;1-2/h3-8H,1-2H3,(H2,12,14);1-2H3. The van der Waals surface area contributed by atoms with Crippen molar-refractivity contribution < 1.29 is 0 Å². The number of hydrogen-bond donors (Lipinski definition) is 1. The average molecular weight is 232 g/mol. The number of nitrogen functional groups attached to an aromatic ring is 1. The maximum atomic E-state index is 5.54. The molecule has 92 valence electrons. The van der Waals surface area contributed by atoms with Gasteiger partial charge in [0.15, 0.2) is 0 Å². The molecule has 0 radical (unpaired) electrons. The summed E-state index contributed by atoms with van der Waals surface area (Å²) in [6, 6.07) is 5.77. The van der Waals surface area contributed by atoms with Crippen LogP contribution in [0.3, 0.4) is 0 Å². The van der Waals surface area contributed by atoms with E-state index in [1.165, 1.54) is 0 Å². The maximum Gasteiger partial charge on any atom is 0.145 e. The van der Waals surface area contributed by atoms with E-state index in [4.69, 9.17) is 5.73 Å². The van der Waals surface area contributed by atoms with Crippen molar-refractivity contribution >= 4 is 5.82 Å². The van der Waals surface area contributed by atoms with Gasteiger partial charge in [0, 0.05) is 18.0 Å². The lowest BCUT2D eigenvalue weighted by Crippen LogP contribution is -1.99. The van der Waals surface area contributed by atoms with Gasteiger partial charge in [-0.15, -0.1) is 0 Å². The summed E-state index contributed by atoms with van der Waals surface area (Å²) in [5.74, 6) is 0.963. The molecule has 2 aromatic rings. The molecule has 0 unspecified atom stereocenters. The highest BCUT2D eigenvalue weighted by Gasteiger charge is 2.02. The fourth-order valence-corrected chi connectivity index (χ4v) is 1.36. The molecule has 0 saturated carbocycles. The Balaban J connectivity index is 0.000000686. The van der Waals surface area contributed by atoms with E-state index in [0.717, 1.165) is 11.4 Å². The average Bonchev–Trinajstić information content (AvgIpc) is 2.79. The van der Waals surface area contributed by atoms with Crippen LogP contribution in [-0.2, 0) is 0 Å². The summed E-state index contributed by atoms with van der Waals surface area (Å²) in [5.41, 5.74) is 7.55. The number of hydrogen-bond acceptors (Lipinski definition) is 3. The number of pyridine rings is 1. The molecule has 2 heterocycles. The molecule has 0 aliphatic rings. The molecule has 0 fully saturated rings. The second kappa shape index (κ2) is 6.03. The SMILES string of the molecule is CC.CC(C)c1ccc(-n2ccc(N)n2)cn1. The zero-order valence-corrected chi connectivity index (χ0v) is 10.9. The fraction of sp³-hybridized carbons (Fsp3) is 0.385. The molecule has 4 heteroatoms. The van der Waals surface area contributed by atoms with Gasteiger partial charge in [-0.05, 0) is 18.1 Å². The largest absolute Gasteiger partial charge is 0.382 e. The third-order valence-electron chi connectivity index (χ3n) is 2.24. The smallest absolute Gasteiger partial charge is 0.145 e. The van der Waals surface area contributed by atoms with Gasteiger partial charge >= 0.3 is 0 Å². The summed E-state index contributed by atoms with van der Waals surface area (Å²) in [4.78, 5) is 4.36. The topological polar surface area (TPSA) is 56.7 Å². The molecule has 0 saturated heterocycles. The number of nitrogens with two attached hydrogens (primary N) is 1. The van der Waals surface area contributed by atoms with Gasteiger partial charge in [0.2, 0.25) is 0 Å². The summed E-state index contributed by atoms with van der Waals surface area (Å²) in [6.07, 6.45) is 3.63. The number of anilines is 1. The zero-order chi connectivity index (χ0) is 12.8. The van der Waals surface area contributed by atoms with Crippen molar-refractivity contribution in [3.05, 3.63) is 36.3 Å². The van der Waals surface area contributed by atoms with Crippen LogP contribution in [0.4, 0.5) is 5.82 Å². The van der Waals surface area contributed by atoms with Crippen LogP contribution in [0, 0.1) is 0 Å². The van der Waals surface area contributed by atoms with Gasteiger partial charge in [-0.2, -0.15) is 5.10 Å². The van der Waals surface area contributed by atoms with Crippen LogP contribution in [0.15, 0.2) is 30.6 Å². The Morgan fingerprint density at radius 1 is 1.18 bits per heavy atom. The molecular weight excluding hydrogens is 212 g/mol. The van der Waals surface area contributed by atoms with Crippen LogP contribution in [0.5, 0.6) is 0 Å². The van der Waals surface area contributed by atoms with Crippen molar-refractivity contribution in [2.75, 3.05) is 5.73 Å². The molecule has 0 amide bonds. The normalized spacial score (nSPS) is 9.94. The molecule has 2 rings (SSSR count). The molecule has 2 N–H and O–H groups in total. The highest BCUT2D eigenvalue weighted by Crippen LogP contribution is 2.13. The molecular formula is C13H20N4. The first-order valence-corrected chi connectivity index (χ1v) is 5.94. The molecule has 0 aliphatic carbocycles. The summed E-state index contributed by atoms with van der Waals surface area (Å²) >= 11 is 0. The monoisotopic (exact) mass is 232 g/mol. The van der Waals surface area contributed by atoms with E-state index in [1.54, 1.807) is 10.7 Å². The van der Waals surface area contributed by atoms with Crippen LogP contribution >= 0.6 is 0 Å². The van der Waals surface area contributed by atoms with E-state index in [9.17, 15) is 0 Å². The van der Waals surface area contributed by atoms with Gasteiger partial charge in [-0.3, -0.25) is 4.98 Å². The molecule has 0 aliphatic heterocycles. The predicted molar refractivity (Wildman–Crippen MR) is 71.2 cm³/mol. The molecule has 0 spiro atoms. The molecule has 4 nitrogen and oxygen atoms in total. The van der Waals surface area contributed by atoms with Crippen molar-refractivity contribution in [2.45, 2.75) is 33.6 Å². The Labute approximate surface area is 102 Å². The molecule has 0 aromatic carbocycles. The van der Waals surface area contributed by atoms with E-state index >= 15 is 0 Å². The number of aromatic nitrogens is 3. The molecule has 0 atom stereocenters. The van der Waals surface area contributed by atoms with Gasteiger partial charge in [0.1, 0.15) is 5.82 Å². The van der Waals surface area contributed by atoms with E-state index in [0.29, 0.717) is 11.7 Å². The Morgan fingerprint density at radius 3 is 2.29 bits per heavy atom. The molecule has 2 aromatic heterocycles. The van der Waals surface area contributed by atoms with E-state index in [-0.39, 0.29) is 0 Å². The van der Waals surface area contributed by atoms with Crippen LogP contribution in [-0.4, -0.2) is 14.8 Å². The predicted octanol–water partition coefficient (Wildman–Crippen LogP) is 3.00. The van der Waals surface area contributed by atoms with E-state index in [1.807, 2.05) is 38.4 Å². The Morgan fingerprint density at radius 2 is 1.88 bits per heavy atom. The highest BCUT2D eigenvalue weighted by atomic mass is 15.3. The molecule has 17 heavy (non-hydrogen) atoms. The fourth-order valence-electron chi connectivity index (χ4n) is 1.36. The van der Waals surface area contributed by atoms with Crippen LogP contribution in [0.25, 0.3) is 5.69 Å². The van der Waals surface area contributed by atoms with Crippen LogP contribution in [0.2, 0.25) is 0 Å². The lowest BCUT2D eigenvalue weighted by molar-refractivity contribution is 0.811. The first kappa shape index (κ1) is 13.2. The lowest BCUT2D eigenvalue weighted by Gasteiger charge is -2.05. The van der Waals surface area contributed by atoms with Gasteiger partial charge in [-0.25, -0.2) is 4.68 Å². The minimum atomic E-state index is 0.446. The van der Waals surface area contributed by atoms with Crippen molar-refractivity contribution in [1.29, 1.82) is 0 Å². The number of rotatable bonds is 2. The van der Waals surface area contributed by atoms with Crippen LogP contribution < -0.4 is 5.73 Å². The highest BCUT2D eigenvalue weighted by molar-refractivity contribution is 5.33. The second-order valence-electron chi connectivity index (χ2n) is 3.78. The Bertz CT molecular complexity index is 443. The van der Waals surface area contributed by atoms with Gasteiger partial charge in [0.25, 0.3) is 0 Å². The summed E-state index contributed by atoms with van der Waals surface area (Å²) in [7, 11) is 0. The lowest BCUT2D eigenvalue weighted by atomic mass is 10.1. The number of nitrogens with zero attached hydrogens (tertiary/aromatic N) is 3. The summed E-state index contributed by atoms with van der Waals surface area (Å²) < 4.78 is 1.71. The first-order chi connectivity index (χ1) is 8.16. The maximum absolute atomic E-state index is 5.54. The third-order valence-corrected chi connectivity index (χ3v) is 2.24. The van der Waals surface area contributed by atoms with Gasteiger partial charge in [0.05, 0.1) is 11.9 Å². The third kappa shape index (κ3) is 3.31. The van der Waals surface area contributed by atoms with Crippen molar-refractivity contribution in [3.63, 3.8) is 0 Å². The van der Waals surface area contributed by atoms with E-state index in [2.05, 4.69) is 23.9 Å². The quantitative estimate of drug-likeness (QED) is 0.866. The van der Waals surface area contributed by atoms with Crippen molar-refractivity contribution in [1.82, 2.24) is 14.8 Å². The van der Waals surface area contributed by atoms with Gasteiger partial charge < -0.3 is 5.73 Å². The Kier molecular flexibility index (Phi) is 4.69. The van der Waals surface area contributed by atoms with Crippen molar-refractivity contribution in [3.8, 4) is 5.69 Å². The summed E-state index contributed by atoms with van der Waals surface area (Å²) in [6.45, 7) is 8.24. The van der Waals surface area contributed by atoms with Crippen LogP contribution in [0.1, 0.15) is 39.3 Å². The first-order valence-electron chi connectivity index (χ1n) is 5.94. The minimum Gasteiger partial charge on any atom is -0.382 e. The summed E-state index contributed by atoms with van der Waals surface area (Å²) in [5, 5.41) is 4.11. The second-order valence-corrected chi connectivity index (χ2v) is 3.78. The minimum absolute atomic E-state index is 0.446. The van der Waals surface area contributed by atoms with Crippen molar-refractivity contribution in [2.24, 2.45) is 0 Å².